The Kier molecular flexibility index (Phi) is 2.65. The molecule has 130 valence electrons. The Balaban J connectivity index is 1.45. The van der Waals surface area contributed by atoms with E-state index in [1.807, 2.05) is 58.3 Å². The van der Waals surface area contributed by atoms with Crippen molar-refractivity contribution >= 4 is 10.9 Å². The molecule has 0 aliphatic heterocycles. The van der Waals surface area contributed by atoms with E-state index in [9.17, 15) is 5.26 Å². The summed E-state index contributed by atoms with van der Waals surface area (Å²) in [6.07, 6.45) is 9.04. The second kappa shape index (κ2) is 4.86. The Morgan fingerprint density at radius 3 is 2.56 bits per heavy atom. The monoisotopic (exact) mass is 351 g/mol. The lowest BCUT2D eigenvalue weighted by atomic mass is 9.93. The third-order valence-electron chi connectivity index (χ3n) is 6.33. The molecular formula is C22H17N5. The number of nitriles is 1. The van der Waals surface area contributed by atoms with E-state index in [1.54, 1.807) is 0 Å². The minimum atomic E-state index is -0.287. The summed E-state index contributed by atoms with van der Waals surface area (Å²) in [5.41, 5.74) is 4.06. The zero-order chi connectivity index (χ0) is 18.1. The summed E-state index contributed by atoms with van der Waals surface area (Å²) in [5, 5.41) is 20.0. The highest BCUT2D eigenvalue weighted by molar-refractivity contribution is 5.82. The number of benzene rings is 2. The van der Waals surface area contributed by atoms with E-state index in [-0.39, 0.29) is 10.8 Å². The highest BCUT2D eigenvalue weighted by atomic mass is 15.3. The first-order valence-electron chi connectivity index (χ1n) is 9.25. The van der Waals surface area contributed by atoms with Crippen LogP contribution in [0.25, 0.3) is 22.3 Å². The van der Waals surface area contributed by atoms with Crippen molar-refractivity contribution < 1.29 is 0 Å². The van der Waals surface area contributed by atoms with Crippen molar-refractivity contribution in [2.45, 2.75) is 24.7 Å². The number of fused-ring (bicyclic) bond motifs is 1. The number of aromatic nitrogens is 4. The molecule has 0 N–H and O–H groups in total. The maximum atomic E-state index is 9.84. The number of hydrogen-bond acceptors (Lipinski definition) is 3. The summed E-state index contributed by atoms with van der Waals surface area (Å²) in [7, 11) is 0. The molecule has 6 rings (SSSR count). The van der Waals surface area contributed by atoms with Gasteiger partial charge in [0.2, 0.25) is 0 Å². The zero-order valence-electron chi connectivity index (χ0n) is 14.7. The minimum Gasteiger partial charge on any atom is -0.239 e. The summed E-state index contributed by atoms with van der Waals surface area (Å²) in [6, 6.07) is 19.0. The molecule has 27 heavy (non-hydrogen) atoms. The number of nitrogens with zero attached hydrogens (tertiary/aromatic N) is 5. The van der Waals surface area contributed by atoms with Gasteiger partial charge in [-0.2, -0.15) is 15.5 Å². The van der Waals surface area contributed by atoms with Gasteiger partial charge in [-0.05, 0) is 48.4 Å². The summed E-state index contributed by atoms with van der Waals surface area (Å²) in [5.74, 6) is 0. The molecule has 2 aromatic heterocycles. The van der Waals surface area contributed by atoms with E-state index in [4.69, 9.17) is 0 Å². The van der Waals surface area contributed by atoms with Crippen LogP contribution in [0.3, 0.4) is 0 Å². The van der Waals surface area contributed by atoms with Crippen LogP contribution >= 0.6 is 0 Å². The summed E-state index contributed by atoms with van der Waals surface area (Å²) < 4.78 is 3.77. The van der Waals surface area contributed by atoms with Gasteiger partial charge in [-0.1, -0.05) is 30.3 Å². The standard InChI is InChI=1S/C22H17N5/c23-15-22(14-21(22)8-9-21)17-7-6-16-11-25-27(20(16)10-17)19-12-24-26(13-19)18-4-2-1-3-5-18/h1-7,10-13H,8-9,14H2/t22-/m1/s1. The van der Waals surface area contributed by atoms with Gasteiger partial charge in [0, 0.05) is 5.39 Å². The lowest BCUT2D eigenvalue weighted by Crippen LogP contribution is -2.07. The fourth-order valence-electron chi connectivity index (χ4n) is 4.48. The van der Waals surface area contributed by atoms with Crippen molar-refractivity contribution in [3.05, 3.63) is 72.7 Å². The van der Waals surface area contributed by atoms with Crippen LogP contribution < -0.4 is 0 Å². The van der Waals surface area contributed by atoms with Crippen LogP contribution in [-0.2, 0) is 5.41 Å². The zero-order valence-corrected chi connectivity index (χ0v) is 14.7. The molecule has 5 nitrogen and oxygen atoms in total. The molecule has 0 amide bonds. The first kappa shape index (κ1) is 14.7. The van der Waals surface area contributed by atoms with Crippen LogP contribution in [0.5, 0.6) is 0 Å². The van der Waals surface area contributed by atoms with Gasteiger partial charge in [0.25, 0.3) is 0 Å². The fraction of sp³-hybridized carbons (Fsp3) is 0.227. The molecule has 4 aromatic rings. The van der Waals surface area contributed by atoms with Gasteiger partial charge < -0.3 is 0 Å². The largest absolute Gasteiger partial charge is 0.239 e. The molecular weight excluding hydrogens is 334 g/mol. The number of para-hydroxylation sites is 1. The Morgan fingerprint density at radius 2 is 1.81 bits per heavy atom. The second-order valence-corrected chi connectivity index (χ2v) is 7.78. The van der Waals surface area contributed by atoms with Crippen molar-refractivity contribution in [2.75, 3.05) is 0 Å². The number of rotatable bonds is 3. The first-order chi connectivity index (χ1) is 13.2. The van der Waals surface area contributed by atoms with Gasteiger partial charge >= 0.3 is 0 Å². The predicted molar refractivity (Wildman–Crippen MR) is 102 cm³/mol. The topological polar surface area (TPSA) is 59.4 Å². The van der Waals surface area contributed by atoms with Crippen molar-refractivity contribution in [1.82, 2.24) is 19.6 Å². The van der Waals surface area contributed by atoms with Crippen LogP contribution in [0.2, 0.25) is 0 Å². The van der Waals surface area contributed by atoms with E-state index in [0.29, 0.717) is 0 Å². The maximum absolute atomic E-state index is 9.84. The van der Waals surface area contributed by atoms with Gasteiger partial charge in [-0.3, -0.25) is 0 Å². The van der Waals surface area contributed by atoms with E-state index in [1.165, 1.54) is 12.8 Å². The molecule has 2 aliphatic rings. The van der Waals surface area contributed by atoms with Gasteiger partial charge in [-0.15, -0.1) is 0 Å². The summed E-state index contributed by atoms with van der Waals surface area (Å²) in [4.78, 5) is 0. The average Bonchev–Trinajstić information content (AvgIpc) is 3.48. The fourth-order valence-corrected chi connectivity index (χ4v) is 4.48. The molecule has 2 heterocycles. The van der Waals surface area contributed by atoms with Crippen LogP contribution in [0.15, 0.2) is 67.1 Å². The molecule has 1 atom stereocenters. The van der Waals surface area contributed by atoms with E-state index in [2.05, 4.69) is 34.5 Å². The van der Waals surface area contributed by atoms with Gasteiger partial charge in [0.15, 0.2) is 0 Å². The quantitative estimate of drug-likeness (QED) is 0.557. The first-order valence-corrected chi connectivity index (χ1v) is 9.25. The van der Waals surface area contributed by atoms with E-state index >= 15 is 0 Å². The SMILES string of the molecule is N#C[C@@]1(c2ccc3cnn(-c4cnn(-c5ccccc5)c4)c3c2)CC12CC2. The summed E-state index contributed by atoms with van der Waals surface area (Å²) in [6.45, 7) is 0. The Morgan fingerprint density at radius 1 is 0.963 bits per heavy atom. The highest BCUT2D eigenvalue weighted by Crippen LogP contribution is 2.78. The van der Waals surface area contributed by atoms with Crippen molar-refractivity contribution in [3.8, 4) is 17.4 Å². The lowest BCUT2D eigenvalue weighted by molar-refractivity contribution is 0.738. The normalized spacial score (nSPS) is 22.0. The molecule has 0 bridgehead atoms. The molecule has 1 spiro atoms. The highest BCUT2D eigenvalue weighted by Gasteiger charge is 2.75. The number of hydrogen-bond donors (Lipinski definition) is 0. The van der Waals surface area contributed by atoms with Crippen molar-refractivity contribution in [2.24, 2.45) is 5.41 Å². The summed E-state index contributed by atoms with van der Waals surface area (Å²) >= 11 is 0. The van der Waals surface area contributed by atoms with Crippen molar-refractivity contribution in [1.29, 1.82) is 5.26 Å². The molecule has 0 unspecified atom stereocenters. The Labute approximate surface area is 156 Å². The van der Waals surface area contributed by atoms with Crippen LogP contribution in [0.4, 0.5) is 0 Å². The van der Waals surface area contributed by atoms with E-state index in [0.717, 1.165) is 34.3 Å². The maximum Gasteiger partial charge on any atom is 0.104 e. The second-order valence-electron chi connectivity index (χ2n) is 7.78. The van der Waals surface area contributed by atoms with Crippen molar-refractivity contribution in [3.63, 3.8) is 0 Å². The van der Waals surface area contributed by atoms with Gasteiger partial charge in [0.1, 0.15) is 5.69 Å². The third kappa shape index (κ3) is 1.93. The Hall–Kier alpha value is -3.39. The van der Waals surface area contributed by atoms with Crippen LogP contribution in [0, 0.1) is 16.7 Å². The molecule has 2 aromatic carbocycles. The average molecular weight is 351 g/mol. The molecule has 0 saturated heterocycles. The van der Waals surface area contributed by atoms with E-state index < -0.39 is 0 Å². The molecule has 2 aliphatic carbocycles. The molecule has 2 fully saturated rings. The lowest BCUT2D eigenvalue weighted by Gasteiger charge is -2.09. The van der Waals surface area contributed by atoms with Gasteiger partial charge in [0.05, 0.1) is 41.3 Å². The smallest absolute Gasteiger partial charge is 0.104 e. The van der Waals surface area contributed by atoms with Crippen LogP contribution in [0.1, 0.15) is 24.8 Å². The van der Waals surface area contributed by atoms with Crippen LogP contribution in [-0.4, -0.2) is 19.6 Å². The minimum absolute atomic E-state index is 0.262. The predicted octanol–water partition coefficient (Wildman–Crippen LogP) is 4.16. The third-order valence-corrected chi connectivity index (χ3v) is 6.33. The molecule has 5 heteroatoms. The Bertz CT molecular complexity index is 1220. The van der Waals surface area contributed by atoms with Gasteiger partial charge in [-0.25, -0.2) is 9.36 Å². The molecule has 0 radical (unpaired) electrons. The molecule has 2 saturated carbocycles.